The van der Waals surface area contributed by atoms with Crippen molar-refractivity contribution in [3.8, 4) is 0 Å². The topological polar surface area (TPSA) is 66.8 Å². The summed E-state index contributed by atoms with van der Waals surface area (Å²) < 4.78 is 5.21. The highest BCUT2D eigenvalue weighted by atomic mass is 16.5. The summed E-state index contributed by atoms with van der Waals surface area (Å²) in [5, 5.41) is 16.6. The Balaban J connectivity index is 0.000000411. The molecule has 4 nitrogen and oxygen atoms in total. The van der Waals surface area contributed by atoms with E-state index in [1.165, 1.54) is 26.2 Å². The van der Waals surface area contributed by atoms with Gasteiger partial charge in [-0.2, -0.15) is 0 Å². The first-order chi connectivity index (χ1) is 8.26. The van der Waals surface area contributed by atoms with Crippen LogP contribution in [0.15, 0.2) is 12.2 Å². The van der Waals surface area contributed by atoms with Crippen LogP contribution < -0.4 is 0 Å². The van der Waals surface area contributed by atoms with Gasteiger partial charge in [-0.15, -0.1) is 0 Å². The third-order valence-electron chi connectivity index (χ3n) is 2.65. The molecule has 4 heteroatoms. The molecule has 1 radical (unpaired) electrons. The third kappa shape index (κ3) is 9.19. The van der Waals surface area contributed by atoms with Crippen LogP contribution in [-0.2, 0) is 9.53 Å². The first-order valence-electron chi connectivity index (χ1n) is 6.36. The number of aliphatic hydroxyl groups is 2. The zero-order valence-corrected chi connectivity index (χ0v) is 11.4. The van der Waals surface area contributed by atoms with Gasteiger partial charge in [0.1, 0.15) is 6.10 Å². The van der Waals surface area contributed by atoms with E-state index in [4.69, 9.17) is 14.9 Å². The average molecular weight is 257 g/mol. The lowest BCUT2D eigenvalue weighted by molar-refractivity contribution is -0.145. The minimum absolute atomic E-state index is 0.132. The molecule has 0 spiro atoms. The number of ether oxygens (including phenoxy) is 1. The molecule has 0 aliphatic heterocycles. The molecule has 0 atom stereocenters. The van der Waals surface area contributed by atoms with Crippen LogP contribution in [0.4, 0.5) is 0 Å². The lowest BCUT2D eigenvalue weighted by Gasteiger charge is -2.21. The highest BCUT2D eigenvalue weighted by molar-refractivity contribution is 5.87. The maximum Gasteiger partial charge on any atom is 0.333 e. The van der Waals surface area contributed by atoms with Crippen LogP contribution in [-0.4, -0.2) is 28.1 Å². The van der Waals surface area contributed by atoms with Gasteiger partial charge in [-0.05, 0) is 46.5 Å². The Bertz CT molecular complexity index is 259. The summed E-state index contributed by atoms with van der Waals surface area (Å²) in [6, 6.07) is 0. The van der Waals surface area contributed by atoms with Crippen LogP contribution in [0.3, 0.4) is 0 Å². The predicted molar refractivity (Wildman–Crippen MR) is 70.6 cm³/mol. The molecule has 0 amide bonds. The second-order valence-corrected chi connectivity index (χ2v) is 4.91. The van der Waals surface area contributed by atoms with Gasteiger partial charge in [0.25, 0.3) is 0 Å². The molecule has 105 valence electrons. The molecule has 0 heterocycles. The molecular formula is C14H25O4. The summed E-state index contributed by atoms with van der Waals surface area (Å²) in [7, 11) is 0. The van der Waals surface area contributed by atoms with E-state index in [1.54, 1.807) is 6.92 Å². The van der Waals surface area contributed by atoms with Crippen LogP contribution in [0.1, 0.15) is 52.4 Å². The van der Waals surface area contributed by atoms with Crippen molar-refractivity contribution < 1.29 is 19.7 Å². The molecule has 18 heavy (non-hydrogen) atoms. The van der Waals surface area contributed by atoms with E-state index in [0.29, 0.717) is 5.57 Å². The first-order valence-corrected chi connectivity index (χ1v) is 6.36. The van der Waals surface area contributed by atoms with Crippen LogP contribution in [0.2, 0.25) is 0 Å². The molecule has 0 aromatic heterocycles. The van der Waals surface area contributed by atoms with E-state index in [1.807, 2.05) is 0 Å². The van der Waals surface area contributed by atoms with E-state index in [9.17, 15) is 4.79 Å². The Labute approximate surface area is 110 Å². The van der Waals surface area contributed by atoms with Crippen molar-refractivity contribution in [3.63, 3.8) is 0 Å². The number of carbonyl (C=O) groups is 1. The molecule has 1 fully saturated rings. The van der Waals surface area contributed by atoms with E-state index >= 15 is 0 Å². The molecule has 0 aromatic rings. The molecule has 0 saturated heterocycles. The maximum absolute atomic E-state index is 11.1. The Kier molecular flexibility index (Phi) is 7.87. The summed E-state index contributed by atoms with van der Waals surface area (Å²) in [6.07, 6.45) is 6.00. The van der Waals surface area contributed by atoms with Gasteiger partial charge >= 0.3 is 5.97 Å². The zero-order valence-electron chi connectivity index (χ0n) is 11.4. The van der Waals surface area contributed by atoms with E-state index in [0.717, 1.165) is 12.8 Å². The highest BCUT2D eigenvalue weighted by Crippen LogP contribution is 2.20. The van der Waals surface area contributed by atoms with Gasteiger partial charge in [0.15, 0.2) is 5.79 Å². The van der Waals surface area contributed by atoms with Gasteiger partial charge in [-0.1, -0.05) is 13.0 Å². The van der Waals surface area contributed by atoms with Crippen molar-refractivity contribution in [2.24, 2.45) is 0 Å². The van der Waals surface area contributed by atoms with Crippen molar-refractivity contribution in [3.05, 3.63) is 19.1 Å². The van der Waals surface area contributed by atoms with Crippen molar-refractivity contribution in [2.75, 3.05) is 0 Å². The minimum atomic E-state index is -1.57. The summed E-state index contributed by atoms with van der Waals surface area (Å²) in [4.78, 5) is 11.1. The van der Waals surface area contributed by atoms with Crippen molar-refractivity contribution >= 4 is 5.97 Å². The number of carbonyl (C=O) groups excluding carboxylic acids is 1. The van der Waals surface area contributed by atoms with Gasteiger partial charge in [0.2, 0.25) is 0 Å². The van der Waals surface area contributed by atoms with Crippen LogP contribution in [0, 0.1) is 6.92 Å². The lowest BCUT2D eigenvalue weighted by atomic mass is 9.98. The van der Waals surface area contributed by atoms with E-state index < -0.39 is 5.79 Å². The third-order valence-corrected chi connectivity index (χ3v) is 2.65. The number of hydrogen-bond donors (Lipinski definition) is 2. The molecule has 2 N–H and O–H groups in total. The van der Waals surface area contributed by atoms with Gasteiger partial charge < -0.3 is 14.9 Å². The highest BCUT2D eigenvalue weighted by Gasteiger charge is 2.17. The van der Waals surface area contributed by atoms with Crippen molar-refractivity contribution in [1.82, 2.24) is 0 Å². The van der Waals surface area contributed by atoms with E-state index in [2.05, 4.69) is 13.5 Å². The fourth-order valence-corrected chi connectivity index (χ4v) is 1.43. The van der Waals surface area contributed by atoms with Gasteiger partial charge in [-0.25, -0.2) is 4.79 Å². The molecule has 1 aliphatic rings. The first kappa shape index (κ1) is 17.1. The number of esters is 1. The normalized spacial score (nSPS) is 16.5. The monoisotopic (exact) mass is 257 g/mol. The van der Waals surface area contributed by atoms with Gasteiger partial charge in [0.05, 0.1) is 0 Å². The Hall–Kier alpha value is -0.870. The maximum atomic E-state index is 11.1. The lowest BCUT2D eigenvalue weighted by Crippen LogP contribution is -2.20. The minimum Gasteiger partial charge on any atom is -0.459 e. The van der Waals surface area contributed by atoms with Crippen LogP contribution in [0.25, 0.3) is 0 Å². The Morgan fingerprint density at radius 3 is 2.11 bits per heavy atom. The van der Waals surface area contributed by atoms with Crippen molar-refractivity contribution in [2.45, 2.75) is 64.3 Å². The summed E-state index contributed by atoms with van der Waals surface area (Å²) in [5.74, 6) is -1.80. The second kappa shape index (κ2) is 8.27. The smallest absolute Gasteiger partial charge is 0.333 e. The van der Waals surface area contributed by atoms with Gasteiger partial charge in [-0.3, -0.25) is 0 Å². The fraction of sp³-hybridized carbons (Fsp3) is 0.714. The zero-order chi connectivity index (χ0) is 14.2. The molecule has 0 unspecified atom stereocenters. The number of rotatable bonds is 3. The Morgan fingerprint density at radius 2 is 1.78 bits per heavy atom. The Morgan fingerprint density at radius 1 is 1.33 bits per heavy atom. The number of hydrogen-bond acceptors (Lipinski definition) is 4. The molecule has 1 rings (SSSR count). The average Bonchev–Trinajstić information content (AvgIpc) is 2.30. The molecular weight excluding hydrogens is 232 g/mol. The fourth-order valence-electron chi connectivity index (χ4n) is 1.43. The van der Waals surface area contributed by atoms with E-state index in [-0.39, 0.29) is 18.5 Å². The molecule has 1 aliphatic carbocycles. The molecule has 0 aromatic carbocycles. The summed E-state index contributed by atoms with van der Waals surface area (Å²) in [5.41, 5.74) is 0.501. The molecule has 0 bridgehead atoms. The summed E-state index contributed by atoms with van der Waals surface area (Å²) >= 11 is 0. The quantitative estimate of drug-likeness (QED) is 0.462. The van der Waals surface area contributed by atoms with Crippen LogP contribution >= 0.6 is 0 Å². The van der Waals surface area contributed by atoms with Crippen LogP contribution in [0.5, 0.6) is 0 Å². The van der Waals surface area contributed by atoms with Crippen molar-refractivity contribution in [1.29, 1.82) is 0 Å². The second-order valence-electron chi connectivity index (χ2n) is 4.91. The largest absolute Gasteiger partial charge is 0.459 e. The predicted octanol–water partition coefficient (Wildman–Crippen LogP) is 2.35. The van der Waals surface area contributed by atoms with Gasteiger partial charge in [0, 0.05) is 12.0 Å². The summed E-state index contributed by atoms with van der Waals surface area (Å²) in [6.45, 7) is 9.78. The molecule has 1 saturated carbocycles. The SMILES string of the molecule is C=C(C)C(=O)OC1CCCCC1.[CH2]CC(C)(O)O. The standard InChI is InChI=1S/C10H16O2.C4H9O2/c1-8(2)10(11)12-9-6-4-3-5-7-9;1-3-4(2,5)6/h9H,1,3-7H2,2H3;5-6H,1,3H2,2H3.